The first-order valence-electron chi connectivity index (χ1n) is 10.8. The second-order valence-corrected chi connectivity index (χ2v) is 9.44. The molecule has 3 aromatic carbocycles. The van der Waals surface area contributed by atoms with E-state index >= 15 is 0 Å². The summed E-state index contributed by atoms with van der Waals surface area (Å²) in [6.07, 6.45) is -1.10. The van der Waals surface area contributed by atoms with Crippen molar-refractivity contribution in [1.29, 1.82) is 5.26 Å². The summed E-state index contributed by atoms with van der Waals surface area (Å²) in [5.41, 5.74) is 7.73. The van der Waals surface area contributed by atoms with E-state index in [0.29, 0.717) is 43.6 Å². The molecule has 3 atom stereocenters. The number of hydrogen-bond donors (Lipinski definition) is 1. The van der Waals surface area contributed by atoms with Crippen molar-refractivity contribution in [2.45, 2.75) is 24.5 Å². The van der Waals surface area contributed by atoms with Gasteiger partial charge in [0.25, 0.3) is 0 Å². The summed E-state index contributed by atoms with van der Waals surface area (Å²) >= 11 is 12.2. The zero-order valence-corrected chi connectivity index (χ0v) is 20.0. The van der Waals surface area contributed by atoms with Crippen LogP contribution >= 0.6 is 23.2 Å². The number of fused-ring (bicyclic) bond motifs is 3. The van der Waals surface area contributed by atoms with Crippen molar-refractivity contribution in [3.63, 3.8) is 0 Å². The van der Waals surface area contributed by atoms with Gasteiger partial charge in [0.15, 0.2) is 0 Å². The number of rotatable bonds is 3. The van der Waals surface area contributed by atoms with Gasteiger partial charge in [0.2, 0.25) is 6.10 Å². The maximum Gasteiger partial charge on any atom is 0.312 e. The Balaban J connectivity index is 1.88. The van der Waals surface area contributed by atoms with Gasteiger partial charge in [-0.1, -0.05) is 65.7 Å². The summed E-state index contributed by atoms with van der Waals surface area (Å²) in [7, 11) is 0. The standard InChI is InChI=1S/C27H19Cl2N3O3/c1-15-23(16-6-10-18(28)11-7-16)21(14-30)25(31)27(32(33)34)24(15)20-4-2-3-5-22(20)35-26(27)17-8-12-19(29)13-9-17/h2-13,24,26H,31H2,1H3/t24-,26+,27-/m1/s1. The van der Waals surface area contributed by atoms with Crippen LogP contribution in [0.1, 0.15) is 35.6 Å². The van der Waals surface area contributed by atoms with E-state index in [9.17, 15) is 15.4 Å². The van der Waals surface area contributed by atoms with E-state index in [0.717, 1.165) is 0 Å². The van der Waals surface area contributed by atoms with E-state index in [1.807, 2.05) is 25.1 Å². The van der Waals surface area contributed by atoms with Crippen LogP contribution in [0.25, 0.3) is 5.57 Å². The molecule has 1 aliphatic heterocycles. The molecule has 0 amide bonds. The van der Waals surface area contributed by atoms with Crippen molar-refractivity contribution in [2.75, 3.05) is 0 Å². The molecule has 1 heterocycles. The van der Waals surface area contributed by atoms with Crippen LogP contribution in [0.5, 0.6) is 5.75 Å². The van der Waals surface area contributed by atoms with Crippen LogP contribution in [-0.2, 0) is 0 Å². The van der Waals surface area contributed by atoms with Gasteiger partial charge in [0, 0.05) is 31.7 Å². The fraction of sp³-hybridized carbons (Fsp3) is 0.148. The number of nitrogens with zero attached hydrogens (tertiary/aromatic N) is 2. The molecule has 0 radical (unpaired) electrons. The molecule has 2 aliphatic rings. The lowest BCUT2D eigenvalue weighted by molar-refractivity contribution is -0.576. The average Bonchev–Trinajstić information content (AvgIpc) is 2.86. The van der Waals surface area contributed by atoms with Crippen LogP contribution in [0.15, 0.2) is 89.6 Å². The van der Waals surface area contributed by atoms with Gasteiger partial charge in [-0.25, -0.2) is 0 Å². The third-order valence-electron chi connectivity index (χ3n) is 6.81. The van der Waals surface area contributed by atoms with E-state index in [4.69, 9.17) is 33.7 Å². The monoisotopic (exact) mass is 503 g/mol. The average molecular weight is 504 g/mol. The fourth-order valence-corrected chi connectivity index (χ4v) is 5.58. The molecule has 3 aromatic rings. The Kier molecular flexibility index (Phi) is 5.55. The van der Waals surface area contributed by atoms with Crippen molar-refractivity contribution in [1.82, 2.24) is 0 Å². The summed E-state index contributed by atoms with van der Waals surface area (Å²) in [5, 5.41) is 24.4. The number of nitro groups is 1. The number of allylic oxidation sites excluding steroid dienone is 2. The Hall–Kier alpha value is -3.79. The van der Waals surface area contributed by atoms with E-state index in [1.165, 1.54) is 0 Å². The molecule has 35 heavy (non-hydrogen) atoms. The second kappa shape index (κ2) is 8.46. The number of nitriles is 1. The second-order valence-electron chi connectivity index (χ2n) is 8.57. The quantitative estimate of drug-likeness (QED) is 0.326. The molecular formula is C27H19Cl2N3O3. The number of benzene rings is 3. The summed E-state index contributed by atoms with van der Waals surface area (Å²) < 4.78 is 6.31. The zero-order valence-electron chi connectivity index (χ0n) is 18.5. The van der Waals surface area contributed by atoms with E-state index in [-0.39, 0.29) is 11.3 Å². The Labute approximate surface area is 212 Å². The maximum atomic E-state index is 13.1. The lowest BCUT2D eigenvalue weighted by Crippen LogP contribution is -2.59. The Morgan fingerprint density at radius 2 is 1.63 bits per heavy atom. The van der Waals surface area contributed by atoms with Crippen molar-refractivity contribution in [2.24, 2.45) is 5.73 Å². The topological polar surface area (TPSA) is 102 Å². The van der Waals surface area contributed by atoms with Gasteiger partial charge in [-0.2, -0.15) is 5.26 Å². The summed E-state index contributed by atoms with van der Waals surface area (Å²) in [5.74, 6) is -0.260. The largest absolute Gasteiger partial charge is 0.477 e. The van der Waals surface area contributed by atoms with E-state index in [1.54, 1.807) is 54.6 Å². The number of nitrogens with two attached hydrogens (primary N) is 1. The molecule has 5 rings (SSSR count). The Morgan fingerprint density at radius 3 is 2.23 bits per heavy atom. The Morgan fingerprint density at radius 1 is 1.03 bits per heavy atom. The molecule has 0 aromatic heterocycles. The van der Waals surface area contributed by atoms with Gasteiger partial charge in [0.1, 0.15) is 17.5 Å². The van der Waals surface area contributed by atoms with Crippen LogP contribution in [0.4, 0.5) is 0 Å². The van der Waals surface area contributed by atoms with Crippen LogP contribution in [0, 0.1) is 21.4 Å². The van der Waals surface area contributed by atoms with Crippen LogP contribution in [0.3, 0.4) is 0 Å². The van der Waals surface area contributed by atoms with Gasteiger partial charge in [-0.05, 0) is 48.4 Å². The number of ether oxygens (including phenoxy) is 1. The lowest BCUT2D eigenvalue weighted by atomic mass is 9.61. The minimum atomic E-state index is -1.95. The van der Waals surface area contributed by atoms with Gasteiger partial charge >= 0.3 is 5.54 Å². The molecule has 0 spiro atoms. The molecule has 2 N–H and O–H groups in total. The molecule has 8 heteroatoms. The fourth-order valence-electron chi connectivity index (χ4n) is 5.33. The first-order valence-corrected chi connectivity index (χ1v) is 11.6. The van der Waals surface area contributed by atoms with Crippen LogP contribution in [0.2, 0.25) is 10.0 Å². The van der Waals surface area contributed by atoms with Crippen LogP contribution < -0.4 is 10.5 Å². The lowest BCUT2D eigenvalue weighted by Gasteiger charge is -2.46. The third kappa shape index (κ3) is 3.31. The van der Waals surface area contributed by atoms with Crippen molar-refractivity contribution < 1.29 is 9.66 Å². The molecule has 0 unspecified atom stereocenters. The molecule has 1 aliphatic carbocycles. The van der Waals surface area contributed by atoms with Crippen molar-refractivity contribution >= 4 is 28.8 Å². The highest BCUT2D eigenvalue weighted by Gasteiger charge is 2.67. The molecule has 174 valence electrons. The molecule has 0 saturated carbocycles. The Bertz CT molecular complexity index is 1460. The van der Waals surface area contributed by atoms with Gasteiger partial charge < -0.3 is 10.5 Å². The zero-order chi connectivity index (χ0) is 24.9. The number of halogens is 2. The van der Waals surface area contributed by atoms with Gasteiger partial charge in [-0.3, -0.25) is 10.1 Å². The smallest absolute Gasteiger partial charge is 0.312 e. The molecule has 0 fully saturated rings. The predicted octanol–water partition coefficient (Wildman–Crippen LogP) is 6.45. The maximum absolute atomic E-state index is 13.1. The van der Waals surface area contributed by atoms with E-state index < -0.39 is 22.5 Å². The highest BCUT2D eigenvalue weighted by Crippen LogP contribution is 2.59. The van der Waals surface area contributed by atoms with E-state index in [2.05, 4.69) is 6.07 Å². The van der Waals surface area contributed by atoms with Crippen molar-refractivity contribution in [3.05, 3.63) is 126 Å². The minimum Gasteiger partial charge on any atom is -0.477 e. The van der Waals surface area contributed by atoms with Crippen molar-refractivity contribution in [3.8, 4) is 11.8 Å². The van der Waals surface area contributed by atoms with Gasteiger partial charge in [0.05, 0.1) is 11.5 Å². The molecule has 0 saturated heterocycles. The SMILES string of the molecule is CC1=C(c2ccc(Cl)cc2)C(C#N)=C(N)[C@]2([N+](=O)[O-])[C@H]1c1ccccc1O[C@H]2c1ccc(Cl)cc1. The van der Waals surface area contributed by atoms with Gasteiger partial charge in [-0.15, -0.1) is 0 Å². The molecule has 6 nitrogen and oxygen atoms in total. The first-order chi connectivity index (χ1) is 16.8. The minimum absolute atomic E-state index is 0.0553. The number of hydrogen-bond acceptors (Lipinski definition) is 5. The van der Waals surface area contributed by atoms with Crippen LogP contribution in [-0.4, -0.2) is 10.5 Å². The summed E-state index contributed by atoms with van der Waals surface area (Å²) in [6.45, 7) is 1.82. The predicted molar refractivity (Wildman–Crippen MR) is 135 cm³/mol. The normalized spacial score (nSPS) is 23.1. The molecular weight excluding hydrogens is 485 g/mol. The summed E-state index contributed by atoms with van der Waals surface area (Å²) in [6, 6.07) is 23.1. The highest BCUT2D eigenvalue weighted by molar-refractivity contribution is 6.30. The molecule has 0 bridgehead atoms. The summed E-state index contributed by atoms with van der Waals surface area (Å²) in [4.78, 5) is 12.7. The number of para-hydroxylation sites is 1. The first kappa shape index (κ1) is 23.0. The highest BCUT2D eigenvalue weighted by atomic mass is 35.5. The third-order valence-corrected chi connectivity index (χ3v) is 7.32.